The van der Waals surface area contributed by atoms with Gasteiger partial charge in [-0.15, -0.1) is 11.3 Å². The van der Waals surface area contributed by atoms with Crippen LogP contribution in [-0.4, -0.2) is 22.7 Å². The van der Waals surface area contributed by atoms with Crippen LogP contribution in [0.4, 0.5) is 0 Å². The molecule has 86 valence electrons. The van der Waals surface area contributed by atoms with Crippen LogP contribution in [0.5, 0.6) is 5.75 Å². The minimum atomic E-state index is -0.981. The van der Waals surface area contributed by atoms with Gasteiger partial charge in [0, 0.05) is 12.6 Å². The van der Waals surface area contributed by atoms with E-state index in [4.69, 9.17) is 9.84 Å². The lowest BCUT2D eigenvalue weighted by molar-refractivity contribution is 0.0696. The third-order valence-corrected chi connectivity index (χ3v) is 3.70. The number of nitrogens with zero attached hydrogens (tertiary/aromatic N) is 1. The minimum absolute atomic E-state index is 0.122. The molecule has 3 rings (SSSR count). The van der Waals surface area contributed by atoms with Crippen LogP contribution in [0.25, 0.3) is 10.4 Å². The summed E-state index contributed by atoms with van der Waals surface area (Å²) in [6.07, 6.45) is 2.51. The number of carbonyl (C=O) groups is 1. The van der Waals surface area contributed by atoms with Gasteiger partial charge in [0.1, 0.15) is 5.75 Å². The third-order valence-electron chi connectivity index (χ3n) is 2.66. The number of hydrogen-bond donors (Lipinski definition) is 1. The number of thiazole rings is 1. The lowest BCUT2D eigenvalue weighted by atomic mass is 10.1. The van der Waals surface area contributed by atoms with E-state index < -0.39 is 5.97 Å². The zero-order chi connectivity index (χ0) is 11.8. The second-order valence-corrected chi connectivity index (χ2v) is 4.79. The Labute approximate surface area is 102 Å². The number of ether oxygens (including phenoxy) is 1. The van der Waals surface area contributed by atoms with Crippen LogP contribution >= 0.6 is 11.3 Å². The van der Waals surface area contributed by atoms with E-state index in [-0.39, 0.29) is 5.01 Å². The van der Waals surface area contributed by atoms with Crippen molar-refractivity contribution in [1.29, 1.82) is 0 Å². The first-order chi connectivity index (χ1) is 8.24. The number of benzene rings is 1. The Bertz CT molecular complexity index is 591. The summed E-state index contributed by atoms with van der Waals surface area (Å²) in [6, 6.07) is 5.91. The van der Waals surface area contributed by atoms with Crippen molar-refractivity contribution in [3.05, 3.63) is 35.0 Å². The summed E-state index contributed by atoms with van der Waals surface area (Å²) in [5, 5.41) is 8.95. The highest BCUT2D eigenvalue weighted by Crippen LogP contribution is 2.32. The molecule has 2 aromatic rings. The Morgan fingerprint density at radius 2 is 2.35 bits per heavy atom. The molecular formula is C12H9NO3S. The van der Waals surface area contributed by atoms with Gasteiger partial charge in [-0.05, 0) is 29.3 Å². The first-order valence-electron chi connectivity index (χ1n) is 5.19. The van der Waals surface area contributed by atoms with Gasteiger partial charge in [0.05, 0.1) is 11.5 Å². The van der Waals surface area contributed by atoms with Gasteiger partial charge >= 0.3 is 5.97 Å². The number of hydrogen-bond acceptors (Lipinski definition) is 4. The quantitative estimate of drug-likeness (QED) is 0.885. The van der Waals surface area contributed by atoms with Gasteiger partial charge in [-0.3, -0.25) is 0 Å². The summed E-state index contributed by atoms with van der Waals surface area (Å²) in [5.74, 6) is -0.0533. The highest BCUT2D eigenvalue weighted by atomic mass is 32.1. The highest BCUT2D eigenvalue weighted by Gasteiger charge is 2.15. The van der Waals surface area contributed by atoms with Crippen LogP contribution in [0.15, 0.2) is 24.4 Å². The second-order valence-electron chi connectivity index (χ2n) is 3.76. The molecule has 0 spiro atoms. The van der Waals surface area contributed by atoms with Crippen LogP contribution in [0.1, 0.15) is 15.4 Å². The Morgan fingerprint density at radius 1 is 1.47 bits per heavy atom. The van der Waals surface area contributed by atoms with Crippen molar-refractivity contribution in [1.82, 2.24) is 4.98 Å². The topological polar surface area (TPSA) is 59.4 Å². The largest absolute Gasteiger partial charge is 0.493 e. The normalized spacial score (nSPS) is 13.2. The smallest absolute Gasteiger partial charge is 0.365 e. The SMILES string of the molecule is O=C(O)c1ncc(-c2ccc3c(c2)CCO3)s1. The Morgan fingerprint density at radius 3 is 3.12 bits per heavy atom. The molecule has 0 unspecified atom stereocenters. The van der Waals surface area contributed by atoms with Gasteiger partial charge in [-0.25, -0.2) is 9.78 Å². The molecule has 4 nitrogen and oxygen atoms in total. The van der Waals surface area contributed by atoms with Crippen LogP contribution in [0.2, 0.25) is 0 Å². The summed E-state index contributed by atoms with van der Waals surface area (Å²) in [5.41, 5.74) is 2.17. The third kappa shape index (κ3) is 1.78. The molecule has 2 heterocycles. The van der Waals surface area contributed by atoms with E-state index in [2.05, 4.69) is 4.98 Å². The molecule has 0 saturated heterocycles. The van der Waals surface area contributed by atoms with Crippen LogP contribution in [0, 0.1) is 0 Å². The van der Waals surface area contributed by atoms with E-state index in [0.29, 0.717) is 0 Å². The van der Waals surface area contributed by atoms with Gasteiger partial charge in [0.2, 0.25) is 5.01 Å². The molecule has 0 radical (unpaired) electrons. The van der Waals surface area contributed by atoms with Gasteiger partial charge in [0.25, 0.3) is 0 Å². The van der Waals surface area contributed by atoms with Crippen molar-refractivity contribution in [2.24, 2.45) is 0 Å². The van der Waals surface area contributed by atoms with Crippen LogP contribution in [0.3, 0.4) is 0 Å². The van der Waals surface area contributed by atoms with E-state index in [0.717, 1.165) is 29.2 Å². The monoisotopic (exact) mass is 247 g/mol. The van der Waals surface area contributed by atoms with Gasteiger partial charge in [-0.2, -0.15) is 0 Å². The van der Waals surface area contributed by atoms with E-state index in [1.54, 1.807) is 6.20 Å². The van der Waals surface area contributed by atoms with E-state index >= 15 is 0 Å². The maximum atomic E-state index is 10.8. The van der Waals surface area contributed by atoms with Crippen LogP contribution in [-0.2, 0) is 6.42 Å². The molecule has 1 N–H and O–H groups in total. The molecule has 0 aliphatic carbocycles. The summed E-state index contributed by atoms with van der Waals surface area (Å²) >= 11 is 1.19. The Hall–Kier alpha value is -1.88. The molecule has 0 atom stereocenters. The minimum Gasteiger partial charge on any atom is -0.493 e. The molecule has 5 heteroatoms. The molecule has 1 aliphatic heterocycles. The zero-order valence-corrected chi connectivity index (χ0v) is 9.66. The predicted octanol–water partition coefficient (Wildman–Crippen LogP) is 2.44. The van der Waals surface area contributed by atoms with Crippen molar-refractivity contribution in [2.75, 3.05) is 6.61 Å². The number of aromatic nitrogens is 1. The summed E-state index contributed by atoms with van der Waals surface area (Å²) < 4.78 is 5.43. The van der Waals surface area contributed by atoms with Crippen molar-refractivity contribution in [3.63, 3.8) is 0 Å². The molecule has 0 bridgehead atoms. The lowest BCUT2D eigenvalue weighted by Crippen LogP contribution is -1.92. The standard InChI is InChI=1S/C12H9NO3S/c14-12(15)11-13-6-10(17-11)8-1-2-9-7(5-8)3-4-16-9/h1-2,5-6H,3-4H2,(H,14,15). The highest BCUT2D eigenvalue weighted by molar-refractivity contribution is 7.16. The maximum Gasteiger partial charge on any atom is 0.365 e. The van der Waals surface area contributed by atoms with Crippen molar-refractivity contribution < 1.29 is 14.6 Å². The number of aromatic carboxylic acids is 1. The fourth-order valence-electron chi connectivity index (χ4n) is 1.85. The van der Waals surface area contributed by atoms with Gasteiger partial charge in [0.15, 0.2) is 0 Å². The van der Waals surface area contributed by atoms with Crippen molar-refractivity contribution in [3.8, 4) is 16.2 Å². The summed E-state index contributed by atoms with van der Waals surface area (Å²) in [4.78, 5) is 15.5. The lowest BCUT2D eigenvalue weighted by Gasteiger charge is -2.00. The Balaban J connectivity index is 2.00. The van der Waals surface area contributed by atoms with Gasteiger partial charge in [-0.1, -0.05) is 0 Å². The molecule has 1 aromatic carbocycles. The summed E-state index contributed by atoms with van der Waals surface area (Å²) in [7, 11) is 0. The molecular weight excluding hydrogens is 238 g/mol. The molecule has 1 aromatic heterocycles. The number of carboxylic acid groups (broad SMARTS) is 1. The number of rotatable bonds is 2. The average Bonchev–Trinajstić information content (AvgIpc) is 2.97. The second kappa shape index (κ2) is 3.85. The van der Waals surface area contributed by atoms with Crippen molar-refractivity contribution in [2.45, 2.75) is 6.42 Å². The van der Waals surface area contributed by atoms with Gasteiger partial charge < -0.3 is 9.84 Å². The molecule has 0 saturated carbocycles. The predicted molar refractivity (Wildman–Crippen MR) is 63.7 cm³/mol. The number of fused-ring (bicyclic) bond motifs is 1. The molecule has 0 amide bonds. The summed E-state index contributed by atoms with van der Waals surface area (Å²) in [6.45, 7) is 0.724. The molecule has 0 fully saturated rings. The van der Waals surface area contributed by atoms with E-state index in [9.17, 15) is 4.79 Å². The first kappa shape index (κ1) is 10.3. The number of carboxylic acids is 1. The van der Waals surface area contributed by atoms with E-state index in [1.807, 2.05) is 18.2 Å². The maximum absolute atomic E-state index is 10.8. The van der Waals surface area contributed by atoms with E-state index in [1.165, 1.54) is 16.9 Å². The first-order valence-corrected chi connectivity index (χ1v) is 6.01. The molecule has 17 heavy (non-hydrogen) atoms. The zero-order valence-electron chi connectivity index (χ0n) is 8.84. The average molecular weight is 247 g/mol. The fraction of sp³-hybridized carbons (Fsp3) is 0.167. The fourth-order valence-corrected chi connectivity index (χ4v) is 2.60. The Kier molecular flexibility index (Phi) is 2.33. The molecule has 1 aliphatic rings. The van der Waals surface area contributed by atoms with Crippen molar-refractivity contribution >= 4 is 17.3 Å². The van der Waals surface area contributed by atoms with Crippen LogP contribution < -0.4 is 4.74 Å².